The first kappa shape index (κ1) is 21.5. The number of halogens is 3. The molecular formula is C23H26F3NO2S. The van der Waals surface area contributed by atoms with Crippen LogP contribution in [0.15, 0.2) is 57.6 Å². The molecule has 0 saturated carbocycles. The predicted octanol–water partition coefficient (Wildman–Crippen LogP) is 5.70. The number of thioether (sulfide) groups is 1. The van der Waals surface area contributed by atoms with Crippen molar-refractivity contribution in [1.29, 1.82) is 0 Å². The maximum absolute atomic E-state index is 12.7. The van der Waals surface area contributed by atoms with Crippen molar-refractivity contribution >= 4 is 22.7 Å². The minimum absolute atomic E-state index is 0.0250. The number of benzene rings is 1. The Bertz CT molecular complexity index is 939. The topological polar surface area (TPSA) is 36.6 Å². The van der Waals surface area contributed by atoms with Crippen LogP contribution in [-0.4, -0.2) is 47.2 Å². The van der Waals surface area contributed by atoms with E-state index in [4.69, 9.17) is 4.42 Å². The van der Waals surface area contributed by atoms with Crippen molar-refractivity contribution in [3.63, 3.8) is 0 Å². The third kappa shape index (κ3) is 5.13. The first-order chi connectivity index (χ1) is 14.3. The Balaban J connectivity index is 1.24. The van der Waals surface area contributed by atoms with Crippen molar-refractivity contribution in [2.24, 2.45) is 0 Å². The summed E-state index contributed by atoms with van der Waals surface area (Å²) in [5.41, 5.74) is 0.895. The van der Waals surface area contributed by atoms with Gasteiger partial charge in [0.1, 0.15) is 5.58 Å². The van der Waals surface area contributed by atoms with Crippen LogP contribution in [0.1, 0.15) is 31.2 Å². The van der Waals surface area contributed by atoms with Gasteiger partial charge in [-0.05, 0) is 48.6 Å². The lowest BCUT2D eigenvalue weighted by molar-refractivity contribution is -0.0940. The molecule has 1 fully saturated rings. The van der Waals surface area contributed by atoms with E-state index in [1.807, 2.05) is 24.5 Å². The van der Waals surface area contributed by atoms with E-state index in [-0.39, 0.29) is 6.42 Å². The Morgan fingerprint density at radius 1 is 1.10 bits per heavy atom. The number of furan rings is 1. The molecule has 3 nitrogen and oxygen atoms in total. The molecule has 30 heavy (non-hydrogen) atoms. The van der Waals surface area contributed by atoms with Crippen LogP contribution in [0.3, 0.4) is 0 Å². The summed E-state index contributed by atoms with van der Waals surface area (Å²) in [6.45, 7) is 2.57. The van der Waals surface area contributed by atoms with Crippen molar-refractivity contribution in [2.45, 2.75) is 43.9 Å². The van der Waals surface area contributed by atoms with Crippen LogP contribution in [0.25, 0.3) is 11.0 Å². The van der Waals surface area contributed by atoms with E-state index >= 15 is 0 Å². The highest BCUT2D eigenvalue weighted by Crippen LogP contribution is 2.38. The van der Waals surface area contributed by atoms with Crippen LogP contribution in [0, 0.1) is 0 Å². The SMILES string of the molecule is OC1(CSC2=CC=C(C(F)(F)F)CC2)CCN(CCc2coc3ccccc23)CC1. The smallest absolute Gasteiger partial charge is 0.412 e. The molecule has 2 aliphatic rings. The van der Waals surface area contributed by atoms with Crippen LogP contribution in [0.5, 0.6) is 0 Å². The van der Waals surface area contributed by atoms with Crippen LogP contribution < -0.4 is 0 Å². The molecule has 0 amide bonds. The molecular weight excluding hydrogens is 411 g/mol. The van der Waals surface area contributed by atoms with Crippen molar-refractivity contribution in [2.75, 3.05) is 25.4 Å². The monoisotopic (exact) mass is 437 g/mol. The number of aliphatic hydroxyl groups is 1. The maximum atomic E-state index is 12.7. The normalized spacial score (nSPS) is 20.3. The fourth-order valence-corrected chi connectivity index (χ4v) is 5.20. The summed E-state index contributed by atoms with van der Waals surface area (Å²) >= 11 is 1.50. The van der Waals surface area contributed by atoms with Crippen molar-refractivity contribution in [3.8, 4) is 0 Å². The van der Waals surface area contributed by atoms with Gasteiger partial charge in [0, 0.05) is 36.3 Å². The molecule has 0 bridgehead atoms. The molecule has 0 spiro atoms. The second-order valence-electron chi connectivity index (χ2n) is 8.18. The number of para-hydroxylation sites is 1. The van der Waals surface area contributed by atoms with Gasteiger partial charge >= 0.3 is 6.18 Å². The van der Waals surface area contributed by atoms with Crippen LogP contribution in [0.2, 0.25) is 0 Å². The molecule has 1 saturated heterocycles. The number of piperidine rings is 1. The zero-order valence-corrected chi connectivity index (χ0v) is 17.6. The summed E-state index contributed by atoms with van der Waals surface area (Å²) in [5, 5.41) is 12.1. The molecule has 1 aliphatic carbocycles. The number of nitrogens with zero attached hydrogens (tertiary/aromatic N) is 1. The molecule has 1 N–H and O–H groups in total. The summed E-state index contributed by atoms with van der Waals surface area (Å²) in [5.74, 6) is 0.536. The highest BCUT2D eigenvalue weighted by molar-refractivity contribution is 8.03. The van der Waals surface area contributed by atoms with E-state index < -0.39 is 17.4 Å². The number of hydrogen-bond donors (Lipinski definition) is 1. The van der Waals surface area contributed by atoms with Crippen molar-refractivity contribution in [1.82, 2.24) is 4.90 Å². The molecule has 1 aromatic heterocycles. The van der Waals surface area contributed by atoms with Gasteiger partial charge in [0.05, 0.1) is 11.9 Å². The van der Waals surface area contributed by atoms with E-state index in [1.54, 1.807) is 6.08 Å². The van der Waals surface area contributed by atoms with E-state index in [1.165, 1.54) is 23.4 Å². The number of allylic oxidation sites excluding steroid dienone is 4. The molecule has 0 atom stereocenters. The molecule has 1 aliphatic heterocycles. The quantitative estimate of drug-likeness (QED) is 0.629. The minimum Gasteiger partial charge on any atom is -0.464 e. The summed E-state index contributed by atoms with van der Waals surface area (Å²) < 4.78 is 43.8. The number of likely N-dealkylation sites (tertiary alicyclic amines) is 1. The Kier molecular flexibility index (Phi) is 6.32. The van der Waals surface area contributed by atoms with Gasteiger partial charge in [0.2, 0.25) is 0 Å². The summed E-state index contributed by atoms with van der Waals surface area (Å²) in [4.78, 5) is 3.28. The standard InChI is InChI=1S/C23H26F3NO2S/c24-23(25,26)18-5-7-19(8-6-18)30-16-22(28)10-13-27(14-11-22)12-9-17-15-29-21-4-2-1-3-20(17)21/h1-5,7,15,28H,6,8-14,16H2. The number of hydrogen-bond acceptors (Lipinski definition) is 4. The maximum Gasteiger partial charge on any atom is 0.412 e. The van der Waals surface area contributed by atoms with Gasteiger partial charge in [-0.25, -0.2) is 0 Å². The fourth-order valence-electron chi connectivity index (χ4n) is 4.04. The first-order valence-electron chi connectivity index (χ1n) is 10.3. The second kappa shape index (κ2) is 8.81. The zero-order valence-electron chi connectivity index (χ0n) is 16.8. The Hall–Kier alpha value is -1.70. The lowest BCUT2D eigenvalue weighted by Crippen LogP contribution is -2.46. The third-order valence-corrected chi connectivity index (χ3v) is 7.44. The van der Waals surface area contributed by atoms with Crippen LogP contribution >= 0.6 is 11.8 Å². The number of rotatable bonds is 6. The molecule has 2 heterocycles. The molecule has 4 rings (SSSR count). The van der Waals surface area contributed by atoms with Crippen LogP contribution in [-0.2, 0) is 6.42 Å². The predicted molar refractivity (Wildman–Crippen MR) is 114 cm³/mol. The van der Waals surface area contributed by atoms with E-state index in [9.17, 15) is 18.3 Å². The zero-order chi connectivity index (χ0) is 21.2. The van der Waals surface area contributed by atoms with Crippen molar-refractivity contribution < 1.29 is 22.7 Å². The average molecular weight is 438 g/mol. The number of alkyl halides is 3. The molecule has 2 aromatic rings. The van der Waals surface area contributed by atoms with Gasteiger partial charge in [-0.2, -0.15) is 13.2 Å². The van der Waals surface area contributed by atoms with E-state index in [0.717, 1.165) is 41.9 Å². The summed E-state index contributed by atoms with van der Waals surface area (Å²) in [7, 11) is 0. The minimum atomic E-state index is -4.24. The van der Waals surface area contributed by atoms with Gasteiger partial charge in [0.15, 0.2) is 0 Å². The second-order valence-corrected chi connectivity index (χ2v) is 9.29. The van der Waals surface area contributed by atoms with Gasteiger partial charge in [-0.3, -0.25) is 0 Å². The highest BCUT2D eigenvalue weighted by Gasteiger charge is 2.35. The summed E-state index contributed by atoms with van der Waals surface area (Å²) in [6.07, 6.45) is 3.03. The van der Waals surface area contributed by atoms with Crippen LogP contribution in [0.4, 0.5) is 13.2 Å². The average Bonchev–Trinajstić information content (AvgIpc) is 3.15. The third-order valence-electron chi connectivity index (χ3n) is 6.05. The molecule has 7 heteroatoms. The first-order valence-corrected chi connectivity index (χ1v) is 11.3. The number of fused-ring (bicyclic) bond motifs is 1. The molecule has 0 radical (unpaired) electrons. The van der Waals surface area contributed by atoms with Gasteiger partial charge in [-0.1, -0.05) is 30.4 Å². The Morgan fingerprint density at radius 2 is 1.87 bits per heavy atom. The lowest BCUT2D eigenvalue weighted by Gasteiger charge is -2.38. The molecule has 1 aromatic carbocycles. The van der Waals surface area contributed by atoms with E-state index in [2.05, 4.69) is 11.0 Å². The van der Waals surface area contributed by atoms with E-state index in [0.29, 0.717) is 25.0 Å². The van der Waals surface area contributed by atoms with Gasteiger partial charge in [0.25, 0.3) is 0 Å². The molecule has 0 unspecified atom stereocenters. The Labute approximate surface area is 178 Å². The van der Waals surface area contributed by atoms with Gasteiger partial charge in [-0.15, -0.1) is 11.8 Å². The van der Waals surface area contributed by atoms with Crippen molar-refractivity contribution in [3.05, 3.63) is 58.7 Å². The highest BCUT2D eigenvalue weighted by atomic mass is 32.2. The largest absolute Gasteiger partial charge is 0.464 e. The summed E-state index contributed by atoms with van der Waals surface area (Å²) in [6, 6.07) is 8.03. The lowest BCUT2D eigenvalue weighted by atomic mass is 9.93. The van der Waals surface area contributed by atoms with Gasteiger partial charge < -0.3 is 14.4 Å². The Morgan fingerprint density at radius 3 is 2.57 bits per heavy atom. The fraction of sp³-hybridized carbons (Fsp3) is 0.478. The molecule has 162 valence electrons.